The number of amides is 1. The number of carbonyl (C=O) groups excluding carboxylic acids is 1. The Morgan fingerprint density at radius 2 is 2.12 bits per heavy atom. The Bertz CT molecular complexity index is 608. The van der Waals surface area contributed by atoms with Gasteiger partial charge in [0.1, 0.15) is 6.33 Å². The summed E-state index contributed by atoms with van der Waals surface area (Å²) < 4.78 is 0. The number of allylic oxidation sites excluding steroid dienone is 3. The topological polar surface area (TPSA) is 108 Å². The van der Waals surface area contributed by atoms with Gasteiger partial charge in [-0.2, -0.15) is 10.1 Å². The number of nitrogens with one attached hydrogen (secondary N) is 2. The molecule has 1 rings (SSSR count). The van der Waals surface area contributed by atoms with Crippen LogP contribution in [0.1, 0.15) is 52.9 Å². The molecule has 1 heterocycles. The fraction of sp³-hybridized carbons (Fsp3) is 0.556. The SMILES string of the molecule is C=C(CCC=C(C)CC)C(CC)C(CC(=O)Nc1ncn[nH]1)C(=O)O. The van der Waals surface area contributed by atoms with Crippen molar-refractivity contribution in [3.8, 4) is 0 Å². The first-order valence-electron chi connectivity index (χ1n) is 8.60. The van der Waals surface area contributed by atoms with Crippen LogP contribution in [0.5, 0.6) is 0 Å². The number of aromatic nitrogens is 3. The molecule has 0 aliphatic carbocycles. The van der Waals surface area contributed by atoms with Gasteiger partial charge in [-0.25, -0.2) is 5.10 Å². The van der Waals surface area contributed by atoms with E-state index in [9.17, 15) is 14.7 Å². The summed E-state index contributed by atoms with van der Waals surface area (Å²) in [6.45, 7) is 10.2. The maximum absolute atomic E-state index is 12.1. The standard InChI is InChI=1S/C18H28N4O3/c1-5-12(3)8-7-9-13(4)14(6-2)15(17(24)25)10-16(23)21-18-19-11-20-22-18/h8,11,14-15H,4-7,9-10H2,1-3H3,(H,24,25)(H2,19,20,21,22,23). The second kappa shape index (κ2) is 10.4. The number of H-pyrrole nitrogens is 1. The summed E-state index contributed by atoms with van der Waals surface area (Å²) in [5, 5.41) is 18.3. The predicted molar refractivity (Wildman–Crippen MR) is 97.0 cm³/mol. The lowest BCUT2D eigenvalue weighted by Gasteiger charge is -2.24. The van der Waals surface area contributed by atoms with Crippen molar-refractivity contribution >= 4 is 17.8 Å². The van der Waals surface area contributed by atoms with E-state index in [4.69, 9.17) is 0 Å². The highest BCUT2D eigenvalue weighted by Gasteiger charge is 2.31. The molecule has 138 valence electrons. The molecule has 2 unspecified atom stereocenters. The van der Waals surface area contributed by atoms with E-state index in [0.717, 1.165) is 24.8 Å². The molecule has 1 aromatic rings. The van der Waals surface area contributed by atoms with E-state index in [2.05, 4.69) is 47.0 Å². The Balaban J connectivity index is 2.70. The summed E-state index contributed by atoms with van der Waals surface area (Å²) in [5.41, 5.74) is 2.18. The average molecular weight is 348 g/mol. The minimum atomic E-state index is -0.985. The fourth-order valence-corrected chi connectivity index (χ4v) is 2.74. The number of hydrogen-bond donors (Lipinski definition) is 3. The number of hydrogen-bond acceptors (Lipinski definition) is 4. The van der Waals surface area contributed by atoms with Gasteiger partial charge in [-0.05, 0) is 38.5 Å². The van der Waals surface area contributed by atoms with Crippen LogP contribution in [0.4, 0.5) is 5.95 Å². The van der Waals surface area contributed by atoms with Gasteiger partial charge < -0.3 is 5.11 Å². The zero-order chi connectivity index (χ0) is 18.8. The summed E-state index contributed by atoms with van der Waals surface area (Å²) in [7, 11) is 0. The largest absolute Gasteiger partial charge is 0.481 e. The molecular formula is C18H28N4O3. The van der Waals surface area contributed by atoms with Crippen LogP contribution >= 0.6 is 0 Å². The van der Waals surface area contributed by atoms with E-state index in [0.29, 0.717) is 6.42 Å². The van der Waals surface area contributed by atoms with Gasteiger partial charge in [0.25, 0.3) is 0 Å². The van der Waals surface area contributed by atoms with Crippen LogP contribution in [-0.2, 0) is 9.59 Å². The molecule has 25 heavy (non-hydrogen) atoms. The maximum Gasteiger partial charge on any atom is 0.307 e. The van der Waals surface area contributed by atoms with Crippen molar-refractivity contribution in [1.29, 1.82) is 0 Å². The Kier molecular flexibility index (Phi) is 8.60. The molecule has 1 aromatic heterocycles. The van der Waals surface area contributed by atoms with E-state index in [1.54, 1.807) is 0 Å². The van der Waals surface area contributed by atoms with Crippen LogP contribution in [-0.4, -0.2) is 32.2 Å². The monoisotopic (exact) mass is 348 g/mol. The number of nitrogens with zero attached hydrogens (tertiary/aromatic N) is 2. The van der Waals surface area contributed by atoms with Crippen LogP contribution in [0.2, 0.25) is 0 Å². The maximum atomic E-state index is 12.1. The van der Waals surface area contributed by atoms with Gasteiger partial charge in [0.2, 0.25) is 11.9 Å². The lowest BCUT2D eigenvalue weighted by atomic mass is 9.80. The van der Waals surface area contributed by atoms with Gasteiger partial charge in [0.05, 0.1) is 5.92 Å². The highest BCUT2D eigenvalue weighted by atomic mass is 16.4. The molecule has 1 amide bonds. The third-order valence-corrected chi connectivity index (χ3v) is 4.36. The zero-order valence-corrected chi connectivity index (χ0v) is 15.2. The summed E-state index contributed by atoms with van der Waals surface area (Å²) in [4.78, 5) is 27.6. The normalized spacial score (nSPS) is 14.0. The molecule has 2 atom stereocenters. The number of carboxylic acids is 1. The number of aliphatic carboxylic acids is 1. The minimum absolute atomic E-state index is 0.128. The van der Waals surface area contributed by atoms with E-state index in [1.807, 2.05) is 6.92 Å². The molecule has 3 N–H and O–H groups in total. The number of aromatic amines is 1. The summed E-state index contributed by atoms with van der Waals surface area (Å²) in [6.07, 6.45) is 6.49. The number of anilines is 1. The van der Waals surface area contributed by atoms with Crippen LogP contribution < -0.4 is 5.32 Å². The summed E-state index contributed by atoms with van der Waals surface area (Å²) in [5.74, 6) is -2.23. The highest BCUT2D eigenvalue weighted by Crippen LogP contribution is 2.29. The van der Waals surface area contributed by atoms with Crippen LogP contribution in [0.25, 0.3) is 0 Å². The van der Waals surface area contributed by atoms with Crippen LogP contribution in [0, 0.1) is 11.8 Å². The molecule has 0 saturated heterocycles. The molecule has 0 radical (unpaired) electrons. The number of carbonyl (C=O) groups is 2. The van der Waals surface area contributed by atoms with Crippen LogP contribution in [0.3, 0.4) is 0 Å². The average Bonchev–Trinajstić information content (AvgIpc) is 3.07. The van der Waals surface area contributed by atoms with Gasteiger partial charge in [-0.3, -0.25) is 14.9 Å². The Morgan fingerprint density at radius 3 is 2.64 bits per heavy atom. The fourth-order valence-electron chi connectivity index (χ4n) is 2.74. The van der Waals surface area contributed by atoms with Crippen molar-refractivity contribution in [2.75, 3.05) is 5.32 Å². The van der Waals surface area contributed by atoms with Gasteiger partial charge >= 0.3 is 5.97 Å². The number of carboxylic acid groups (broad SMARTS) is 1. The van der Waals surface area contributed by atoms with Gasteiger partial charge in [0.15, 0.2) is 0 Å². The van der Waals surface area contributed by atoms with Crippen molar-refractivity contribution in [3.63, 3.8) is 0 Å². The molecule has 0 aromatic carbocycles. The highest BCUT2D eigenvalue weighted by molar-refractivity contribution is 5.91. The third kappa shape index (κ3) is 6.91. The molecular weight excluding hydrogens is 320 g/mol. The molecule has 7 nitrogen and oxygen atoms in total. The third-order valence-electron chi connectivity index (χ3n) is 4.36. The van der Waals surface area contributed by atoms with Crippen molar-refractivity contribution < 1.29 is 14.7 Å². The molecule has 0 aliphatic heterocycles. The summed E-state index contributed by atoms with van der Waals surface area (Å²) >= 11 is 0. The minimum Gasteiger partial charge on any atom is -0.481 e. The Morgan fingerprint density at radius 1 is 1.40 bits per heavy atom. The number of rotatable bonds is 11. The molecule has 0 saturated carbocycles. The molecule has 0 fully saturated rings. The van der Waals surface area contributed by atoms with Crippen molar-refractivity contribution in [3.05, 3.63) is 30.1 Å². The van der Waals surface area contributed by atoms with Gasteiger partial charge in [0, 0.05) is 6.42 Å². The zero-order valence-electron chi connectivity index (χ0n) is 15.2. The smallest absolute Gasteiger partial charge is 0.307 e. The lowest BCUT2D eigenvalue weighted by molar-refractivity contribution is -0.145. The Hall–Kier alpha value is -2.44. The predicted octanol–water partition coefficient (Wildman–Crippen LogP) is 3.55. The quantitative estimate of drug-likeness (QED) is 0.530. The van der Waals surface area contributed by atoms with E-state index in [-0.39, 0.29) is 18.3 Å². The van der Waals surface area contributed by atoms with E-state index < -0.39 is 17.8 Å². The van der Waals surface area contributed by atoms with E-state index >= 15 is 0 Å². The first-order chi connectivity index (χ1) is 11.9. The molecule has 0 bridgehead atoms. The lowest BCUT2D eigenvalue weighted by Crippen LogP contribution is -2.29. The molecule has 0 spiro atoms. The van der Waals surface area contributed by atoms with Crippen LogP contribution in [0.15, 0.2) is 30.1 Å². The second-order valence-electron chi connectivity index (χ2n) is 6.15. The van der Waals surface area contributed by atoms with Gasteiger partial charge in [-0.1, -0.05) is 37.6 Å². The second-order valence-corrected chi connectivity index (χ2v) is 6.15. The molecule has 7 heteroatoms. The Labute approximate surface area is 148 Å². The van der Waals surface area contributed by atoms with Crippen molar-refractivity contribution in [2.24, 2.45) is 11.8 Å². The first kappa shape index (κ1) is 20.6. The first-order valence-corrected chi connectivity index (χ1v) is 8.60. The van der Waals surface area contributed by atoms with E-state index in [1.165, 1.54) is 11.9 Å². The van der Waals surface area contributed by atoms with Gasteiger partial charge in [-0.15, -0.1) is 0 Å². The van der Waals surface area contributed by atoms with Crippen molar-refractivity contribution in [2.45, 2.75) is 52.9 Å². The summed E-state index contributed by atoms with van der Waals surface area (Å²) in [6, 6.07) is 0. The van der Waals surface area contributed by atoms with Crippen molar-refractivity contribution in [1.82, 2.24) is 15.2 Å². The molecule has 0 aliphatic rings.